The third kappa shape index (κ3) is 5.05. The third-order valence-corrected chi connectivity index (χ3v) is 2.61. The summed E-state index contributed by atoms with van der Waals surface area (Å²) in [5, 5.41) is 8.44. The van der Waals surface area contributed by atoms with Gasteiger partial charge in [-0.25, -0.2) is 0 Å². The average molecular weight is 222 g/mol. The predicted octanol–water partition coefficient (Wildman–Crippen LogP) is -1.37. The van der Waals surface area contributed by atoms with Crippen molar-refractivity contribution in [1.29, 1.82) is 0 Å². The molecule has 0 aliphatic carbocycles. The molecule has 0 saturated carbocycles. The van der Waals surface area contributed by atoms with E-state index in [2.05, 4.69) is 4.74 Å². The second-order valence-electron chi connectivity index (χ2n) is 2.61. The van der Waals surface area contributed by atoms with E-state index in [0.717, 1.165) is 0 Å². The summed E-state index contributed by atoms with van der Waals surface area (Å²) in [7, 11) is 1.25. The van der Waals surface area contributed by atoms with E-state index in [9.17, 15) is 9.59 Å². The van der Waals surface area contributed by atoms with Gasteiger partial charge < -0.3 is 21.3 Å². The number of nitrogens with two attached hydrogens (primary N) is 2. The van der Waals surface area contributed by atoms with Crippen LogP contribution in [0.25, 0.3) is 0 Å². The first kappa shape index (κ1) is 13.2. The van der Waals surface area contributed by atoms with Gasteiger partial charge >= 0.3 is 11.9 Å². The molecule has 0 rings (SSSR count). The molecule has 7 heteroatoms. The van der Waals surface area contributed by atoms with Gasteiger partial charge in [0.1, 0.15) is 12.1 Å². The number of carbonyl (C=O) groups is 2. The molecule has 0 amide bonds. The molecule has 0 spiro atoms. The number of aliphatic carboxylic acids is 1. The number of rotatable bonds is 6. The first-order valence-electron chi connectivity index (χ1n) is 3.88. The van der Waals surface area contributed by atoms with Crippen LogP contribution >= 0.6 is 11.8 Å². The molecule has 6 nitrogen and oxygen atoms in total. The number of carboxylic acid groups (broad SMARTS) is 1. The molecule has 0 fully saturated rings. The molecule has 0 bridgehead atoms. The van der Waals surface area contributed by atoms with Crippen LogP contribution in [0.15, 0.2) is 0 Å². The second kappa shape index (κ2) is 6.63. The van der Waals surface area contributed by atoms with Crippen LogP contribution in [0.2, 0.25) is 0 Å². The molecule has 0 aromatic heterocycles. The molecule has 82 valence electrons. The van der Waals surface area contributed by atoms with Crippen molar-refractivity contribution in [2.45, 2.75) is 12.1 Å². The molecule has 0 heterocycles. The number of hydrogen-bond acceptors (Lipinski definition) is 6. The normalized spacial score (nSPS) is 14.5. The van der Waals surface area contributed by atoms with Gasteiger partial charge in [-0.3, -0.25) is 9.59 Å². The van der Waals surface area contributed by atoms with Crippen molar-refractivity contribution in [1.82, 2.24) is 0 Å². The molecule has 0 radical (unpaired) electrons. The number of ether oxygens (including phenoxy) is 1. The molecule has 0 aliphatic rings. The Labute approximate surface area is 86.0 Å². The summed E-state index contributed by atoms with van der Waals surface area (Å²) in [6, 6.07) is -1.66. The Kier molecular flexibility index (Phi) is 6.26. The van der Waals surface area contributed by atoms with Crippen molar-refractivity contribution >= 4 is 23.7 Å². The van der Waals surface area contributed by atoms with E-state index in [1.54, 1.807) is 0 Å². The van der Waals surface area contributed by atoms with Gasteiger partial charge in [-0.15, -0.1) is 0 Å². The van der Waals surface area contributed by atoms with Gasteiger partial charge in [0.25, 0.3) is 0 Å². The van der Waals surface area contributed by atoms with Crippen LogP contribution < -0.4 is 11.5 Å². The zero-order valence-corrected chi connectivity index (χ0v) is 8.62. The molecular weight excluding hydrogens is 208 g/mol. The van der Waals surface area contributed by atoms with E-state index in [-0.39, 0.29) is 5.75 Å². The van der Waals surface area contributed by atoms with E-state index < -0.39 is 24.0 Å². The fourth-order valence-corrected chi connectivity index (χ4v) is 1.54. The standard InChI is InChI=1S/C7H14N2O4S/c1-13-7(12)5(9)3-14-2-4(8)6(10)11/h4-5H,2-3,8-9H2,1H3,(H,10,11)/t4?,5-/m0/s1. The van der Waals surface area contributed by atoms with E-state index in [1.165, 1.54) is 18.9 Å². The lowest BCUT2D eigenvalue weighted by atomic mass is 10.4. The van der Waals surface area contributed by atoms with Gasteiger partial charge in [0.2, 0.25) is 0 Å². The van der Waals surface area contributed by atoms with Gasteiger partial charge in [0.05, 0.1) is 7.11 Å². The summed E-state index contributed by atoms with van der Waals surface area (Å²) in [5.74, 6) is -1.06. The number of thioether (sulfide) groups is 1. The van der Waals surface area contributed by atoms with Gasteiger partial charge in [-0.2, -0.15) is 11.8 Å². The fourth-order valence-electron chi connectivity index (χ4n) is 0.613. The molecule has 5 N–H and O–H groups in total. The van der Waals surface area contributed by atoms with Crippen molar-refractivity contribution in [2.24, 2.45) is 11.5 Å². The third-order valence-electron chi connectivity index (χ3n) is 1.42. The highest BCUT2D eigenvalue weighted by Gasteiger charge is 2.16. The minimum absolute atomic E-state index is 0.222. The van der Waals surface area contributed by atoms with Crippen LogP contribution in [0.4, 0.5) is 0 Å². The molecular formula is C7H14N2O4S. The summed E-state index contributed by atoms with van der Waals surface area (Å²) in [5.41, 5.74) is 10.6. The summed E-state index contributed by atoms with van der Waals surface area (Å²) >= 11 is 1.21. The minimum atomic E-state index is -1.07. The topological polar surface area (TPSA) is 116 Å². The summed E-state index contributed by atoms with van der Waals surface area (Å²) < 4.78 is 4.39. The lowest BCUT2D eigenvalue weighted by Crippen LogP contribution is -2.36. The van der Waals surface area contributed by atoms with Gasteiger partial charge in [0.15, 0.2) is 0 Å². The molecule has 2 atom stereocenters. The molecule has 0 aliphatic heterocycles. The second-order valence-corrected chi connectivity index (χ2v) is 3.69. The lowest BCUT2D eigenvalue weighted by molar-refractivity contribution is -0.141. The summed E-state index contributed by atoms with van der Waals surface area (Å²) in [6.45, 7) is 0. The molecule has 0 aromatic rings. The maximum atomic E-state index is 10.8. The maximum Gasteiger partial charge on any atom is 0.323 e. The summed E-state index contributed by atoms with van der Waals surface area (Å²) in [4.78, 5) is 21.1. The Hall–Kier alpha value is -0.790. The fraction of sp³-hybridized carbons (Fsp3) is 0.714. The first-order valence-corrected chi connectivity index (χ1v) is 5.04. The van der Waals surface area contributed by atoms with E-state index in [4.69, 9.17) is 16.6 Å². The van der Waals surface area contributed by atoms with Crippen molar-refractivity contribution in [3.8, 4) is 0 Å². The highest BCUT2D eigenvalue weighted by molar-refractivity contribution is 7.99. The Morgan fingerprint density at radius 2 is 1.86 bits per heavy atom. The Morgan fingerprint density at radius 3 is 2.29 bits per heavy atom. The highest BCUT2D eigenvalue weighted by atomic mass is 32.2. The van der Waals surface area contributed by atoms with Crippen molar-refractivity contribution in [2.75, 3.05) is 18.6 Å². The first-order chi connectivity index (χ1) is 6.49. The van der Waals surface area contributed by atoms with Crippen LogP contribution in [-0.2, 0) is 14.3 Å². The highest BCUT2D eigenvalue weighted by Crippen LogP contribution is 2.04. The van der Waals surface area contributed by atoms with Gasteiger partial charge in [-0.05, 0) is 0 Å². The number of esters is 1. The number of carboxylic acids is 1. The Balaban J connectivity index is 3.64. The van der Waals surface area contributed by atoms with Crippen molar-refractivity contribution < 1.29 is 19.4 Å². The smallest absolute Gasteiger partial charge is 0.323 e. The van der Waals surface area contributed by atoms with Crippen LogP contribution in [0.3, 0.4) is 0 Å². The Bertz CT molecular complexity index is 212. The summed E-state index contributed by atoms with van der Waals surface area (Å²) in [6.07, 6.45) is 0. The van der Waals surface area contributed by atoms with Crippen LogP contribution in [0.5, 0.6) is 0 Å². The van der Waals surface area contributed by atoms with Gasteiger partial charge in [-0.1, -0.05) is 0 Å². The van der Waals surface area contributed by atoms with Crippen LogP contribution in [0.1, 0.15) is 0 Å². The van der Waals surface area contributed by atoms with E-state index in [1.807, 2.05) is 0 Å². The number of hydrogen-bond donors (Lipinski definition) is 3. The maximum absolute atomic E-state index is 10.8. The number of carbonyl (C=O) groups excluding carboxylic acids is 1. The Morgan fingerprint density at radius 1 is 1.36 bits per heavy atom. The number of methoxy groups -OCH3 is 1. The van der Waals surface area contributed by atoms with E-state index in [0.29, 0.717) is 5.75 Å². The largest absolute Gasteiger partial charge is 0.480 e. The van der Waals surface area contributed by atoms with Gasteiger partial charge in [0, 0.05) is 11.5 Å². The van der Waals surface area contributed by atoms with Crippen LogP contribution in [-0.4, -0.2) is 47.7 Å². The zero-order valence-electron chi connectivity index (χ0n) is 7.80. The average Bonchev–Trinajstić information content (AvgIpc) is 2.15. The minimum Gasteiger partial charge on any atom is -0.480 e. The zero-order chi connectivity index (χ0) is 11.1. The molecule has 0 aromatic carbocycles. The quantitative estimate of drug-likeness (QED) is 0.475. The van der Waals surface area contributed by atoms with Crippen LogP contribution in [0, 0.1) is 0 Å². The molecule has 14 heavy (non-hydrogen) atoms. The lowest BCUT2D eigenvalue weighted by Gasteiger charge is -2.09. The van der Waals surface area contributed by atoms with E-state index >= 15 is 0 Å². The predicted molar refractivity (Wildman–Crippen MR) is 52.9 cm³/mol. The van der Waals surface area contributed by atoms with Crippen molar-refractivity contribution in [3.05, 3.63) is 0 Å². The molecule has 0 saturated heterocycles. The monoisotopic (exact) mass is 222 g/mol. The van der Waals surface area contributed by atoms with Crippen molar-refractivity contribution in [3.63, 3.8) is 0 Å². The molecule has 1 unspecified atom stereocenters. The SMILES string of the molecule is COC(=O)[C@@H](N)CSCC(N)C(=O)O.